The van der Waals surface area contributed by atoms with E-state index in [4.69, 9.17) is 0 Å². The first-order chi connectivity index (χ1) is 9.93. The van der Waals surface area contributed by atoms with Crippen LogP contribution in [0.2, 0.25) is 0 Å². The van der Waals surface area contributed by atoms with Crippen LogP contribution in [0.4, 0.5) is 15.8 Å². The molecule has 1 heterocycles. The molecule has 1 aliphatic rings. The molecule has 0 aliphatic carbocycles. The van der Waals surface area contributed by atoms with Crippen molar-refractivity contribution in [2.45, 2.75) is 0 Å². The van der Waals surface area contributed by atoms with E-state index in [9.17, 15) is 19.3 Å². The Morgan fingerprint density at radius 3 is 2.48 bits per heavy atom. The van der Waals surface area contributed by atoms with Gasteiger partial charge in [0.25, 0.3) is 5.69 Å². The van der Waals surface area contributed by atoms with Crippen LogP contribution in [0.1, 0.15) is 10.4 Å². The Labute approximate surface area is 121 Å². The largest absolute Gasteiger partial charge is 0.465 e. The number of carbonyl (C=O) groups is 1. The number of esters is 1. The molecule has 1 aromatic carbocycles. The Balaban J connectivity index is 2.43. The zero-order valence-corrected chi connectivity index (χ0v) is 11.8. The van der Waals surface area contributed by atoms with E-state index < -0.39 is 22.4 Å². The maximum Gasteiger partial charge on any atom is 0.344 e. The van der Waals surface area contributed by atoms with E-state index in [1.807, 2.05) is 7.05 Å². The van der Waals surface area contributed by atoms with Gasteiger partial charge in [0.15, 0.2) is 5.82 Å². The summed E-state index contributed by atoms with van der Waals surface area (Å²) < 4.78 is 18.7. The lowest BCUT2D eigenvalue weighted by Crippen LogP contribution is -2.44. The van der Waals surface area contributed by atoms with Crippen LogP contribution in [0.15, 0.2) is 12.1 Å². The Morgan fingerprint density at radius 1 is 1.33 bits per heavy atom. The molecule has 0 N–H and O–H groups in total. The van der Waals surface area contributed by atoms with Gasteiger partial charge in [-0.05, 0) is 13.1 Å². The highest BCUT2D eigenvalue weighted by Crippen LogP contribution is 2.29. The van der Waals surface area contributed by atoms with Crippen LogP contribution in [0.3, 0.4) is 0 Å². The summed E-state index contributed by atoms with van der Waals surface area (Å²) in [6, 6.07) is 1.98. The number of nitrogens with zero attached hydrogens (tertiary/aromatic N) is 3. The minimum atomic E-state index is -0.850. The van der Waals surface area contributed by atoms with E-state index in [1.165, 1.54) is 6.07 Å². The lowest BCUT2D eigenvalue weighted by molar-refractivity contribution is -0.385. The number of methoxy groups -OCH3 is 1. The van der Waals surface area contributed by atoms with Crippen LogP contribution >= 0.6 is 0 Å². The topological polar surface area (TPSA) is 75.9 Å². The predicted octanol–water partition coefficient (Wildman–Crippen LogP) is 1.27. The van der Waals surface area contributed by atoms with E-state index in [1.54, 1.807) is 4.90 Å². The van der Waals surface area contributed by atoms with E-state index in [-0.39, 0.29) is 11.3 Å². The molecule has 0 saturated carbocycles. The highest BCUT2D eigenvalue weighted by Gasteiger charge is 2.27. The summed E-state index contributed by atoms with van der Waals surface area (Å²) >= 11 is 0. The fraction of sp³-hybridized carbons (Fsp3) is 0.462. The third-order valence-corrected chi connectivity index (χ3v) is 3.51. The number of likely N-dealkylation sites (N-methyl/N-ethyl adjacent to an activating group) is 1. The average Bonchev–Trinajstić information content (AvgIpc) is 2.47. The van der Waals surface area contributed by atoms with Gasteiger partial charge in [0, 0.05) is 26.2 Å². The molecule has 2 rings (SSSR count). The summed E-state index contributed by atoms with van der Waals surface area (Å²) in [7, 11) is 3.09. The Hall–Kier alpha value is -2.22. The summed E-state index contributed by atoms with van der Waals surface area (Å²) in [5.41, 5.74) is -0.635. The van der Waals surface area contributed by atoms with Crippen LogP contribution in [-0.4, -0.2) is 56.1 Å². The second-order valence-electron chi connectivity index (χ2n) is 4.86. The quantitative estimate of drug-likeness (QED) is 0.475. The first kappa shape index (κ1) is 15.2. The molecule has 0 bridgehead atoms. The summed E-state index contributed by atoms with van der Waals surface area (Å²) in [5.74, 6) is -1.56. The first-order valence-electron chi connectivity index (χ1n) is 6.43. The summed E-state index contributed by atoms with van der Waals surface area (Å²) in [5, 5.41) is 10.9. The molecule has 0 radical (unpaired) electrons. The summed E-state index contributed by atoms with van der Waals surface area (Å²) in [6.45, 7) is 2.69. The van der Waals surface area contributed by atoms with Crippen LogP contribution in [0, 0.1) is 15.9 Å². The Morgan fingerprint density at radius 2 is 1.95 bits per heavy atom. The molecule has 114 valence electrons. The van der Waals surface area contributed by atoms with Gasteiger partial charge in [0.1, 0.15) is 5.56 Å². The first-order valence-corrected chi connectivity index (χ1v) is 6.43. The predicted molar refractivity (Wildman–Crippen MR) is 74.1 cm³/mol. The van der Waals surface area contributed by atoms with Crippen molar-refractivity contribution >= 4 is 17.3 Å². The number of piperazine rings is 1. The molecule has 1 saturated heterocycles. The minimum Gasteiger partial charge on any atom is -0.465 e. The summed E-state index contributed by atoms with van der Waals surface area (Å²) in [4.78, 5) is 25.7. The fourth-order valence-corrected chi connectivity index (χ4v) is 2.27. The van der Waals surface area contributed by atoms with Crippen molar-refractivity contribution in [1.29, 1.82) is 0 Å². The number of hydrogen-bond acceptors (Lipinski definition) is 6. The van der Waals surface area contributed by atoms with Gasteiger partial charge in [-0.25, -0.2) is 9.18 Å². The van der Waals surface area contributed by atoms with Gasteiger partial charge in [-0.15, -0.1) is 0 Å². The third-order valence-electron chi connectivity index (χ3n) is 3.51. The van der Waals surface area contributed by atoms with Crippen molar-refractivity contribution in [2.75, 3.05) is 45.2 Å². The second kappa shape index (κ2) is 6.04. The second-order valence-corrected chi connectivity index (χ2v) is 4.86. The SMILES string of the molecule is COC(=O)c1cc(N2CCN(C)CC2)c(F)cc1[N+](=O)[O-]. The van der Waals surface area contributed by atoms with Crippen LogP contribution in [0.25, 0.3) is 0 Å². The van der Waals surface area contributed by atoms with Gasteiger partial charge in [0.05, 0.1) is 23.8 Å². The number of nitro benzene ring substituents is 1. The number of nitro groups is 1. The molecule has 0 spiro atoms. The highest BCUT2D eigenvalue weighted by molar-refractivity contribution is 5.95. The smallest absolute Gasteiger partial charge is 0.344 e. The van der Waals surface area contributed by atoms with Crippen molar-refractivity contribution in [3.05, 3.63) is 33.6 Å². The number of anilines is 1. The van der Waals surface area contributed by atoms with Gasteiger partial charge in [-0.1, -0.05) is 0 Å². The van der Waals surface area contributed by atoms with Crippen LogP contribution in [-0.2, 0) is 4.74 Å². The van der Waals surface area contributed by atoms with Gasteiger partial charge in [0.2, 0.25) is 0 Å². The van der Waals surface area contributed by atoms with Gasteiger partial charge in [-0.3, -0.25) is 10.1 Å². The number of carbonyl (C=O) groups excluding carboxylic acids is 1. The fourth-order valence-electron chi connectivity index (χ4n) is 2.27. The highest BCUT2D eigenvalue weighted by atomic mass is 19.1. The standard InChI is InChI=1S/C13H16FN3O4/c1-15-3-5-16(6-4-15)12-7-9(13(18)21-2)11(17(19)20)8-10(12)14/h7-8H,3-6H2,1-2H3. The number of halogens is 1. The molecule has 7 nitrogen and oxygen atoms in total. The molecule has 0 unspecified atom stereocenters. The molecule has 1 fully saturated rings. The molecule has 8 heteroatoms. The monoisotopic (exact) mass is 297 g/mol. The van der Waals surface area contributed by atoms with Crippen molar-refractivity contribution in [3.63, 3.8) is 0 Å². The Bertz CT molecular complexity index is 571. The maximum atomic E-state index is 14.1. The van der Waals surface area contributed by atoms with Crippen molar-refractivity contribution in [1.82, 2.24) is 4.90 Å². The number of hydrogen-bond donors (Lipinski definition) is 0. The van der Waals surface area contributed by atoms with E-state index in [0.717, 1.165) is 26.3 Å². The lowest BCUT2D eigenvalue weighted by Gasteiger charge is -2.34. The molecule has 21 heavy (non-hydrogen) atoms. The lowest BCUT2D eigenvalue weighted by atomic mass is 10.1. The van der Waals surface area contributed by atoms with E-state index in [2.05, 4.69) is 9.64 Å². The van der Waals surface area contributed by atoms with Crippen molar-refractivity contribution < 1.29 is 18.8 Å². The third kappa shape index (κ3) is 3.10. The molecule has 0 atom stereocenters. The van der Waals surface area contributed by atoms with Crippen molar-refractivity contribution in [3.8, 4) is 0 Å². The van der Waals surface area contributed by atoms with Crippen molar-refractivity contribution in [2.24, 2.45) is 0 Å². The van der Waals surface area contributed by atoms with Gasteiger partial charge < -0.3 is 14.5 Å². The zero-order chi connectivity index (χ0) is 15.6. The molecular formula is C13H16FN3O4. The summed E-state index contributed by atoms with van der Waals surface area (Å²) in [6.07, 6.45) is 0. The number of ether oxygens (including phenoxy) is 1. The molecular weight excluding hydrogens is 281 g/mol. The zero-order valence-electron chi connectivity index (χ0n) is 11.8. The van der Waals surface area contributed by atoms with Gasteiger partial charge in [-0.2, -0.15) is 0 Å². The van der Waals surface area contributed by atoms with Crippen LogP contribution < -0.4 is 4.90 Å². The molecule has 1 aliphatic heterocycles. The van der Waals surface area contributed by atoms with E-state index in [0.29, 0.717) is 13.1 Å². The normalized spacial score (nSPS) is 15.9. The maximum absolute atomic E-state index is 14.1. The minimum absolute atomic E-state index is 0.189. The number of rotatable bonds is 3. The molecule has 0 amide bonds. The number of benzene rings is 1. The van der Waals surface area contributed by atoms with Crippen LogP contribution in [0.5, 0.6) is 0 Å². The average molecular weight is 297 g/mol. The van der Waals surface area contributed by atoms with Gasteiger partial charge >= 0.3 is 5.97 Å². The Kier molecular flexibility index (Phi) is 4.37. The molecule has 0 aromatic heterocycles. The molecule has 1 aromatic rings. The van der Waals surface area contributed by atoms with E-state index >= 15 is 0 Å².